The van der Waals surface area contributed by atoms with Gasteiger partial charge in [0.25, 0.3) is 11.4 Å². The van der Waals surface area contributed by atoms with Gasteiger partial charge >= 0.3 is 6.18 Å². The largest absolute Gasteiger partial charge is 0.453 e. The number of alkyl halides is 3. The number of halogens is 4. The number of H-pyrrole nitrogens is 1. The van der Waals surface area contributed by atoms with Crippen LogP contribution in [-0.4, -0.2) is 56.5 Å². The monoisotopic (exact) mass is 412 g/mol. The normalized spacial score (nSPS) is 15.0. The van der Waals surface area contributed by atoms with E-state index < -0.39 is 23.4 Å². The minimum atomic E-state index is -4.65. The molecule has 1 N–H and O–H groups in total. The molecule has 29 heavy (non-hydrogen) atoms. The summed E-state index contributed by atoms with van der Waals surface area (Å²) in [6, 6.07) is 3.02. The van der Waals surface area contributed by atoms with Crippen molar-refractivity contribution < 1.29 is 17.6 Å². The average molecular weight is 412 g/mol. The molecule has 154 valence electrons. The fourth-order valence-corrected chi connectivity index (χ4v) is 3.21. The third-order valence-corrected chi connectivity index (χ3v) is 4.69. The third kappa shape index (κ3) is 3.47. The molecular weight excluding hydrogens is 396 g/mol. The number of aryl methyl sites for hydroxylation is 1. The quantitative estimate of drug-likeness (QED) is 0.645. The molecule has 4 rings (SSSR count). The van der Waals surface area contributed by atoms with Gasteiger partial charge in [-0.1, -0.05) is 0 Å². The second-order valence-electron chi connectivity index (χ2n) is 6.92. The lowest BCUT2D eigenvalue weighted by Crippen LogP contribution is -2.52. The van der Waals surface area contributed by atoms with E-state index in [-0.39, 0.29) is 23.2 Å². The molecule has 1 aliphatic rings. The van der Waals surface area contributed by atoms with E-state index in [2.05, 4.69) is 25.3 Å². The highest BCUT2D eigenvalue weighted by molar-refractivity contribution is 5.48. The Morgan fingerprint density at radius 2 is 2.00 bits per heavy atom. The summed E-state index contributed by atoms with van der Waals surface area (Å²) in [5.74, 6) is -1.29. The van der Waals surface area contributed by atoms with Crippen molar-refractivity contribution in [3.8, 4) is 0 Å². The first-order valence-electron chi connectivity index (χ1n) is 8.65. The molecule has 4 heterocycles. The van der Waals surface area contributed by atoms with E-state index >= 15 is 0 Å². The number of hydrogen-bond donors (Lipinski definition) is 1. The fraction of sp³-hybridized carbons (Fsp3) is 0.438. The molecule has 0 unspecified atom stereocenters. The Morgan fingerprint density at radius 3 is 2.66 bits per heavy atom. The van der Waals surface area contributed by atoms with Crippen LogP contribution in [0, 0.1) is 18.7 Å². The molecule has 0 atom stereocenters. The summed E-state index contributed by atoms with van der Waals surface area (Å²) in [5, 5.41) is 10.6. The number of aromatic nitrogens is 6. The molecule has 1 fully saturated rings. The van der Waals surface area contributed by atoms with Crippen LogP contribution in [0.3, 0.4) is 0 Å². The van der Waals surface area contributed by atoms with E-state index in [1.165, 1.54) is 13.0 Å². The Balaban J connectivity index is 1.44. The Morgan fingerprint density at radius 1 is 1.28 bits per heavy atom. The van der Waals surface area contributed by atoms with Crippen LogP contribution in [0.1, 0.15) is 11.5 Å². The summed E-state index contributed by atoms with van der Waals surface area (Å²) in [4.78, 5) is 21.5. The smallest absolute Gasteiger partial charge is 0.354 e. The van der Waals surface area contributed by atoms with Crippen molar-refractivity contribution in [3.05, 3.63) is 39.8 Å². The summed E-state index contributed by atoms with van der Waals surface area (Å²) < 4.78 is 53.1. The van der Waals surface area contributed by atoms with Crippen LogP contribution in [0.2, 0.25) is 0 Å². The summed E-state index contributed by atoms with van der Waals surface area (Å²) in [6.07, 6.45) is -4.65. The lowest BCUT2D eigenvalue weighted by atomic mass is 10.00. The van der Waals surface area contributed by atoms with Crippen molar-refractivity contribution in [2.24, 2.45) is 5.92 Å². The second kappa shape index (κ2) is 6.67. The predicted octanol–water partition coefficient (Wildman–Crippen LogP) is 1.25. The lowest BCUT2D eigenvalue weighted by molar-refractivity contribution is -0.146. The molecule has 0 saturated carbocycles. The molecule has 9 nitrogen and oxygen atoms in total. The lowest BCUT2D eigenvalue weighted by Gasteiger charge is -2.41. The van der Waals surface area contributed by atoms with Crippen molar-refractivity contribution in [2.45, 2.75) is 13.1 Å². The minimum Gasteiger partial charge on any atom is -0.354 e. The van der Waals surface area contributed by atoms with Gasteiger partial charge in [0.1, 0.15) is 5.82 Å². The fourth-order valence-electron chi connectivity index (χ4n) is 3.21. The van der Waals surface area contributed by atoms with E-state index in [1.54, 1.807) is 18.0 Å². The zero-order chi connectivity index (χ0) is 20.9. The van der Waals surface area contributed by atoms with Gasteiger partial charge in [0, 0.05) is 32.6 Å². The zero-order valence-corrected chi connectivity index (χ0v) is 15.4. The molecule has 0 radical (unpaired) electrons. The van der Waals surface area contributed by atoms with Gasteiger partial charge in [-0.15, -0.1) is 15.3 Å². The van der Waals surface area contributed by atoms with Crippen molar-refractivity contribution in [1.82, 2.24) is 29.8 Å². The Hall–Kier alpha value is -3.25. The maximum absolute atomic E-state index is 13.4. The van der Waals surface area contributed by atoms with Gasteiger partial charge < -0.3 is 9.80 Å². The number of nitrogens with zero attached hydrogens (tertiary/aromatic N) is 7. The Bertz CT molecular complexity index is 1120. The van der Waals surface area contributed by atoms with Crippen LogP contribution < -0.4 is 15.4 Å². The Labute approximate surface area is 161 Å². The second-order valence-corrected chi connectivity index (χ2v) is 6.92. The van der Waals surface area contributed by atoms with Crippen LogP contribution in [0.4, 0.5) is 29.3 Å². The summed E-state index contributed by atoms with van der Waals surface area (Å²) in [6.45, 7) is 3.04. The van der Waals surface area contributed by atoms with Crippen LogP contribution in [0.15, 0.2) is 16.9 Å². The standard InChI is InChI=1S/C16H16F4N8O/c1-8-12(17)13(29)22-15(21-8)26(2)5-9-6-27(7-9)11-4-3-10-23-24-14(16(18,19)20)28(10)25-11/h3-4,9H,5-7H2,1-2H3,(H,21,22,29). The van der Waals surface area contributed by atoms with E-state index in [9.17, 15) is 22.4 Å². The van der Waals surface area contributed by atoms with Gasteiger partial charge in [-0.25, -0.2) is 4.98 Å². The number of aromatic amines is 1. The molecule has 0 spiro atoms. The summed E-state index contributed by atoms with van der Waals surface area (Å²) >= 11 is 0. The summed E-state index contributed by atoms with van der Waals surface area (Å²) in [7, 11) is 1.72. The molecule has 3 aromatic rings. The minimum absolute atomic E-state index is 0.0118. The van der Waals surface area contributed by atoms with E-state index in [0.717, 1.165) is 0 Å². The van der Waals surface area contributed by atoms with E-state index in [0.29, 0.717) is 30.0 Å². The topological polar surface area (TPSA) is 95.3 Å². The molecular formula is C16H16F4N8O. The SMILES string of the molecule is Cc1nc(N(C)CC2CN(c3ccc4nnc(C(F)(F)F)n4n3)C2)[nH]c(=O)c1F. The van der Waals surface area contributed by atoms with Crippen LogP contribution >= 0.6 is 0 Å². The molecule has 0 amide bonds. The molecule has 0 bridgehead atoms. The average Bonchev–Trinajstić information content (AvgIpc) is 3.05. The van der Waals surface area contributed by atoms with Crippen molar-refractivity contribution in [1.29, 1.82) is 0 Å². The van der Waals surface area contributed by atoms with Gasteiger partial charge in [-0.2, -0.15) is 22.1 Å². The van der Waals surface area contributed by atoms with Crippen molar-refractivity contribution >= 4 is 17.4 Å². The first kappa shape index (κ1) is 19.1. The molecule has 0 aliphatic carbocycles. The highest BCUT2D eigenvalue weighted by Gasteiger charge is 2.38. The Kier molecular flexibility index (Phi) is 4.39. The predicted molar refractivity (Wildman–Crippen MR) is 94.3 cm³/mol. The molecule has 3 aromatic heterocycles. The molecule has 1 saturated heterocycles. The number of hydrogen-bond acceptors (Lipinski definition) is 7. The van der Waals surface area contributed by atoms with Gasteiger partial charge in [-0.3, -0.25) is 9.78 Å². The molecule has 1 aliphatic heterocycles. The highest BCUT2D eigenvalue weighted by atomic mass is 19.4. The van der Waals surface area contributed by atoms with Gasteiger partial charge in [0.05, 0.1) is 5.69 Å². The van der Waals surface area contributed by atoms with Gasteiger partial charge in [0.15, 0.2) is 5.65 Å². The molecule has 13 heteroatoms. The van der Waals surface area contributed by atoms with Crippen molar-refractivity contribution in [3.63, 3.8) is 0 Å². The van der Waals surface area contributed by atoms with Crippen LogP contribution in [0.5, 0.6) is 0 Å². The zero-order valence-electron chi connectivity index (χ0n) is 15.4. The first-order chi connectivity index (χ1) is 13.6. The van der Waals surface area contributed by atoms with Crippen LogP contribution in [0.25, 0.3) is 5.65 Å². The summed E-state index contributed by atoms with van der Waals surface area (Å²) in [5.41, 5.74) is -0.807. The number of nitrogens with one attached hydrogen (secondary N) is 1. The van der Waals surface area contributed by atoms with E-state index in [1.807, 2.05) is 4.90 Å². The number of rotatable bonds is 4. The number of fused-ring (bicyclic) bond motifs is 1. The highest BCUT2D eigenvalue weighted by Crippen LogP contribution is 2.29. The van der Waals surface area contributed by atoms with Crippen LogP contribution in [-0.2, 0) is 6.18 Å². The van der Waals surface area contributed by atoms with Gasteiger partial charge in [0.2, 0.25) is 11.8 Å². The van der Waals surface area contributed by atoms with E-state index in [4.69, 9.17) is 0 Å². The first-order valence-corrected chi connectivity index (χ1v) is 8.65. The van der Waals surface area contributed by atoms with Gasteiger partial charge in [-0.05, 0) is 19.1 Å². The maximum atomic E-state index is 13.4. The molecule has 0 aromatic carbocycles. The van der Waals surface area contributed by atoms with Crippen molar-refractivity contribution in [2.75, 3.05) is 36.5 Å². The third-order valence-electron chi connectivity index (χ3n) is 4.69. The number of anilines is 2. The maximum Gasteiger partial charge on any atom is 0.453 e.